The van der Waals surface area contributed by atoms with Crippen LogP contribution in [0, 0.1) is 0 Å². The molecule has 0 aromatic rings. The van der Waals surface area contributed by atoms with Crippen LogP contribution >= 0.6 is 12.4 Å². The third-order valence-electron chi connectivity index (χ3n) is 0.204. The molecule has 0 atom stereocenters. The molecule has 1 aliphatic heterocycles. The first-order chi connectivity index (χ1) is 1.50. The molecule has 1 saturated heterocycles. The summed E-state index contributed by atoms with van der Waals surface area (Å²) < 4.78 is 4.50. The minimum Gasteiger partial charge on any atom is -0.377 e. The van der Waals surface area contributed by atoms with E-state index in [4.69, 9.17) is 0 Å². The molecule has 1 fully saturated rings. The summed E-state index contributed by atoms with van der Waals surface area (Å²) in [6, 6.07) is 0. The highest BCUT2D eigenvalue weighted by atomic mass is 35.5. The number of hydrogen-bond donors (Lipinski definition) is 0. The molecule has 0 saturated carbocycles. The lowest BCUT2D eigenvalue weighted by Crippen LogP contribution is -1.20. The first kappa shape index (κ1) is 4.25. The highest BCUT2D eigenvalue weighted by molar-refractivity contribution is 5.85. The zero-order valence-electron chi connectivity index (χ0n) is 2.23. The van der Waals surface area contributed by atoms with Crippen molar-refractivity contribution < 1.29 is 4.74 Å². The van der Waals surface area contributed by atoms with E-state index in [1.807, 2.05) is 0 Å². The summed E-state index contributed by atoms with van der Waals surface area (Å²) in [6.45, 7) is 2.00. The largest absolute Gasteiger partial charge is 0.377 e. The van der Waals surface area contributed by atoms with E-state index in [0.29, 0.717) is 0 Å². The third kappa shape index (κ3) is 2.25. The van der Waals surface area contributed by atoms with Crippen molar-refractivity contribution in [2.75, 3.05) is 13.2 Å². The molecule has 0 amide bonds. The van der Waals surface area contributed by atoms with Gasteiger partial charge < -0.3 is 4.74 Å². The van der Waals surface area contributed by atoms with E-state index in [-0.39, 0.29) is 12.4 Å². The molecule has 0 aromatic heterocycles. The number of halogens is 1. The maximum Gasteiger partial charge on any atom is 0.0701 e. The standard InChI is InChI=1S/C2H4O.ClH/c1-2-3-1;/h1-2H2;1H. The Morgan fingerprint density at radius 1 is 1.25 bits per heavy atom. The Morgan fingerprint density at radius 2 is 1.50 bits per heavy atom. The predicted molar refractivity (Wildman–Crippen MR) is 18.1 cm³/mol. The van der Waals surface area contributed by atoms with E-state index >= 15 is 0 Å². The summed E-state index contributed by atoms with van der Waals surface area (Å²) in [7, 11) is 0. The van der Waals surface area contributed by atoms with Crippen molar-refractivity contribution in [3.05, 3.63) is 0 Å². The monoisotopic (exact) mass is 80.0 g/mol. The lowest BCUT2D eigenvalue weighted by Gasteiger charge is -1.24. The Labute approximate surface area is 31.4 Å². The van der Waals surface area contributed by atoms with Gasteiger partial charge in [0.15, 0.2) is 0 Å². The van der Waals surface area contributed by atoms with E-state index in [1.165, 1.54) is 0 Å². The summed E-state index contributed by atoms with van der Waals surface area (Å²) in [5.41, 5.74) is 0. The van der Waals surface area contributed by atoms with Crippen LogP contribution in [0.3, 0.4) is 0 Å². The Bertz CT molecular complexity index is 10.8. The molecule has 2 heteroatoms. The van der Waals surface area contributed by atoms with E-state index in [2.05, 4.69) is 4.74 Å². The van der Waals surface area contributed by atoms with E-state index in [1.54, 1.807) is 0 Å². The van der Waals surface area contributed by atoms with Gasteiger partial charge in [0.25, 0.3) is 0 Å². The summed E-state index contributed by atoms with van der Waals surface area (Å²) in [5, 5.41) is 0. The first-order valence-electron chi connectivity index (χ1n) is 1.08. The maximum atomic E-state index is 4.50. The quantitative estimate of drug-likeness (QED) is 0.385. The van der Waals surface area contributed by atoms with Gasteiger partial charge >= 0.3 is 0 Å². The van der Waals surface area contributed by atoms with Crippen LogP contribution in [0.1, 0.15) is 0 Å². The molecule has 0 aliphatic carbocycles. The van der Waals surface area contributed by atoms with Crippen molar-refractivity contribution >= 4 is 12.4 Å². The molecule has 1 rings (SSSR count). The second-order valence-electron chi connectivity index (χ2n) is 0.612. The zero-order chi connectivity index (χ0) is 2.12. The van der Waals surface area contributed by atoms with Crippen molar-refractivity contribution in [1.29, 1.82) is 0 Å². The van der Waals surface area contributed by atoms with Crippen LogP contribution < -0.4 is 0 Å². The molecule has 1 heterocycles. The van der Waals surface area contributed by atoms with Crippen molar-refractivity contribution in [2.45, 2.75) is 0 Å². The van der Waals surface area contributed by atoms with Crippen molar-refractivity contribution in [3.8, 4) is 0 Å². The van der Waals surface area contributed by atoms with Crippen LogP contribution in [0.15, 0.2) is 0 Å². The Hall–Kier alpha value is 0.250. The van der Waals surface area contributed by atoms with Gasteiger partial charge in [0.05, 0.1) is 13.2 Å². The van der Waals surface area contributed by atoms with Gasteiger partial charge in [-0.25, -0.2) is 0 Å². The van der Waals surface area contributed by atoms with Gasteiger partial charge in [0.2, 0.25) is 0 Å². The van der Waals surface area contributed by atoms with Gasteiger partial charge in [-0.3, -0.25) is 0 Å². The molecular weight excluding hydrogens is 75.5 g/mol. The Morgan fingerprint density at radius 3 is 1.50 bits per heavy atom. The molecule has 0 unspecified atom stereocenters. The molecule has 0 radical (unpaired) electrons. The number of rotatable bonds is 0. The van der Waals surface area contributed by atoms with Crippen LogP contribution in [0.5, 0.6) is 0 Å². The third-order valence-corrected chi connectivity index (χ3v) is 0.204. The van der Waals surface area contributed by atoms with Gasteiger partial charge in [0, 0.05) is 0 Å². The molecule has 0 bridgehead atoms. The van der Waals surface area contributed by atoms with Crippen LogP contribution in [-0.4, -0.2) is 13.2 Å². The van der Waals surface area contributed by atoms with E-state index < -0.39 is 0 Å². The van der Waals surface area contributed by atoms with Crippen molar-refractivity contribution in [1.82, 2.24) is 0 Å². The number of hydrogen-bond acceptors (Lipinski definition) is 1. The second-order valence-corrected chi connectivity index (χ2v) is 0.612. The first-order valence-corrected chi connectivity index (χ1v) is 1.08. The van der Waals surface area contributed by atoms with Gasteiger partial charge in [0.1, 0.15) is 0 Å². The lowest BCUT2D eigenvalue weighted by atomic mass is 11.0. The van der Waals surface area contributed by atoms with Crippen LogP contribution in [0.25, 0.3) is 0 Å². The minimum atomic E-state index is 0. The molecule has 26 valence electrons. The molecular formula is C2H5ClO. The number of epoxide rings is 1. The molecule has 4 heavy (non-hydrogen) atoms. The van der Waals surface area contributed by atoms with Gasteiger partial charge in [-0.05, 0) is 0 Å². The van der Waals surface area contributed by atoms with Crippen molar-refractivity contribution in [3.63, 3.8) is 0 Å². The van der Waals surface area contributed by atoms with Gasteiger partial charge in [-0.2, -0.15) is 0 Å². The fourth-order valence-electron chi connectivity index (χ4n) is 0. The summed E-state index contributed by atoms with van der Waals surface area (Å²) >= 11 is 0. The molecule has 0 aromatic carbocycles. The van der Waals surface area contributed by atoms with Crippen LogP contribution in [0.4, 0.5) is 0 Å². The average molecular weight is 80.5 g/mol. The summed E-state index contributed by atoms with van der Waals surface area (Å²) in [4.78, 5) is 0. The average Bonchev–Trinajstić information content (AvgIpc) is 1.46. The van der Waals surface area contributed by atoms with E-state index in [0.717, 1.165) is 13.2 Å². The second kappa shape index (κ2) is 1.56. The van der Waals surface area contributed by atoms with Crippen molar-refractivity contribution in [2.24, 2.45) is 0 Å². The van der Waals surface area contributed by atoms with E-state index in [9.17, 15) is 0 Å². The zero-order valence-corrected chi connectivity index (χ0v) is 3.05. The smallest absolute Gasteiger partial charge is 0.0701 e. The number of ether oxygens (including phenoxy) is 1. The maximum absolute atomic E-state index is 4.50. The fourth-order valence-corrected chi connectivity index (χ4v) is 0. The predicted octanol–water partition coefficient (Wildman–Crippen LogP) is 0.438. The van der Waals surface area contributed by atoms with Crippen LogP contribution in [-0.2, 0) is 4.74 Å². The molecule has 0 N–H and O–H groups in total. The molecule has 1 aliphatic rings. The highest BCUT2D eigenvalue weighted by Crippen LogP contribution is 1.84. The van der Waals surface area contributed by atoms with Gasteiger partial charge in [-0.15, -0.1) is 12.4 Å². The SMILES string of the molecule is C1CO1.Cl. The summed E-state index contributed by atoms with van der Waals surface area (Å²) in [5.74, 6) is 0. The Kier molecular flexibility index (Phi) is 1.66. The normalized spacial score (nSPS) is 18.0. The fraction of sp³-hybridized carbons (Fsp3) is 1.00. The Balaban J connectivity index is 0.0000000900. The highest BCUT2D eigenvalue weighted by Gasteiger charge is 1.94. The lowest BCUT2D eigenvalue weighted by molar-refractivity contribution is 0.475. The molecule has 0 spiro atoms. The summed E-state index contributed by atoms with van der Waals surface area (Å²) in [6.07, 6.45) is 0. The topological polar surface area (TPSA) is 12.5 Å². The molecule has 1 nitrogen and oxygen atoms in total. The van der Waals surface area contributed by atoms with Crippen LogP contribution in [0.2, 0.25) is 0 Å². The van der Waals surface area contributed by atoms with Gasteiger partial charge in [-0.1, -0.05) is 0 Å². The minimum absolute atomic E-state index is 0.